The summed E-state index contributed by atoms with van der Waals surface area (Å²) in [5.41, 5.74) is 15.3. The van der Waals surface area contributed by atoms with Crippen molar-refractivity contribution in [2.24, 2.45) is 0 Å². The smallest absolute Gasteiger partial charge is 0.242 e. The standard InChI is InChI=1S/C40H42BNO2/c1-27-23-29(3)39(30(4)24-27)41(40-31(5)25-28(2)26-32(40)6)34-11-9-33(10-12-34)21-22-42(35-13-17-37(43-7)18-14-35)36-15-19-38(44-8)20-16-36/h9-26H,1-8H3. The summed E-state index contributed by atoms with van der Waals surface area (Å²) in [6, 6.07) is 34.5. The fourth-order valence-corrected chi connectivity index (χ4v) is 6.54. The molecule has 5 rings (SSSR count). The summed E-state index contributed by atoms with van der Waals surface area (Å²) in [4.78, 5) is 2.17. The maximum Gasteiger partial charge on any atom is 0.242 e. The zero-order valence-electron chi connectivity index (χ0n) is 27.2. The Labute approximate surface area is 263 Å². The molecule has 0 N–H and O–H groups in total. The van der Waals surface area contributed by atoms with Crippen LogP contribution in [0.4, 0.5) is 11.4 Å². The fraction of sp³-hybridized carbons (Fsp3) is 0.200. The molecule has 0 saturated heterocycles. The monoisotopic (exact) mass is 579 g/mol. The van der Waals surface area contributed by atoms with Gasteiger partial charge in [-0.25, -0.2) is 0 Å². The summed E-state index contributed by atoms with van der Waals surface area (Å²) in [6.07, 6.45) is 4.29. The third-order valence-corrected chi connectivity index (χ3v) is 8.44. The number of aryl methyl sites for hydroxylation is 6. The van der Waals surface area contributed by atoms with Gasteiger partial charge < -0.3 is 14.4 Å². The molecular weight excluding hydrogens is 537 g/mol. The van der Waals surface area contributed by atoms with Crippen molar-refractivity contribution < 1.29 is 9.47 Å². The lowest BCUT2D eigenvalue weighted by Crippen LogP contribution is -2.55. The van der Waals surface area contributed by atoms with Gasteiger partial charge in [0, 0.05) is 17.6 Å². The van der Waals surface area contributed by atoms with Crippen molar-refractivity contribution in [2.45, 2.75) is 41.5 Å². The average Bonchev–Trinajstić information content (AvgIpc) is 3.00. The minimum absolute atomic E-state index is 0.157. The number of methoxy groups -OCH3 is 2. The average molecular weight is 580 g/mol. The molecule has 0 saturated carbocycles. The van der Waals surface area contributed by atoms with Crippen LogP contribution in [0.25, 0.3) is 6.08 Å². The van der Waals surface area contributed by atoms with Crippen molar-refractivity contribution in [3.05, 3.63) is 142 Å². The number of anilines is 2. The van der Waals surface area contributed by atoms with Crippen LogP contribution in [-0.2, 0) is 0 Å². The Morgan fingerprint density at radius 1 is 0.523 bits per heavy atom. The normalized spacial score (nSPS) is 11.1. The van der Waals surface area contributed by atoms with Crippen LogP contribution in [0.15, 0.2) is 103 Å². The van der Waals surface area contributed by atoms with Gasteiger partial charge in [0.25, 0.3) is 0 Å². The Hall–Kier alpha value is -4.70. The molecule has 5 aromatic rings. The van der Waals surface area contributed by atoms with Crippen molar-refractivity contribution >= 4 is 40.6 Å². The second-order valence-corrected chi connectivity index (χ2v) is 11.8. The highest BCUT2D eigenvalue weighted by Gasteiger charge is 2.28. The van der Waals surface area contributed by atoms with E-state index in [1.165, 1.54) is 49.8 Å². The van der Waals surface area contributed by atoms with Crippen LogP contribution in [-0.4, -0.2) is 20.9 Å². The van der Waals surface area contributed by atoms with Crippen molar-refractivity contribution in [3.8, 4) is 11.5 Å². The number of benzene rings is 5. The molecule has 222 valence electrons. The van der Waals surface area contributed by atoms with Crippen molar-refractivity contribution in [2.75, 3.05) is 19.1 Å². The zero-order valence-corrected chi connectivity index (χ0v) is 27.2. The minimum atomic E-state index is 0.157. The maximum absolute atomic E-state index is 5.40. The van der Waals surface area contributed by atoms with E-state index < -0.39 is 0 Å². The zero-order chi connectivity index (χ0) is 31.4. The largest absolute Gasteiger partial charge is 0.497 e. The lowest BCUT2D eigenvalue weighted by Gasteiger charge is -2.24. The predicted molar refractivity (Wildman–Crippen MR) is 190 cm³/mol. The van der Waals surface area contributed by atoms with Gasteiger partial charge in [-0.3, -0.25) is 0 Å². The predicted octanol–water partition coefficient (Wildman–Crippen LogP) is 7.88. The van der Waals surface area contributed by atoms with Gasteiger partial charge in [0.2, 0.25) is 6.71 Å². The van der Waals surface area contributed by atoms with E-state index in [0.717, 1.165) is 28.4 Å². The molecule has 0 aliphatic carbocycles. The highest BCUT2D eigenvalue weighted by Crippen LogP contribution is 2.29. The first-order chi connectivity index (χ1) is 21.2. The summed E-state index contributed by atoms with van der Waals surface area (Å²) in [5, 5.41) is 0. The van der Waals surface area contributed by atoms with Gasteiger partial charge in [0.15, 0.2) is 0 Å². The minimum Gasteiger partial charge on any atom is -0.497 e. The summed E-state index contributed by atoms with van der Waals surface area (Å²) in [7, 11) is 3.38. The summed E-state index contributed by atoms with van der Waals surface area (Å²) in [5.74, 6) is 1.66. The summed E-state index contributed by atoms with van der Waals surface area (Å²) < 4.78 is 10.8. The van der Waals surface area contributed by atoms with Gasteiger partial charge >= 0.3 is 0 Å². The molecule has 0 bridgehead atoms. The molecule has 4 heteroatoms. The molecule has 0 amide bonds. The van der Waals surface area contributed by atoms with Crippen molar-refractivity contribution in [1.82, 2.24) is 0 Å². The molecule has 0 aromatic heterocycles. The SMILES string of the molecule is COc1ccc(N(C=Cc2ccc(B(c3c(C)cc(C)cc3C)c3c(C)cc(C)cc3C)cc2)c2ccc(OC)cc2)cc1. The maximum atomic E-state index is 5.40. The third-order valence-electron chi connectivity index (χ3n) is 8.44. The van der Waals surface area contributed by atoms with Crippen LogP contribution in [0.5, 0.6) is 11.5 Å². The highest BCUT2D eigenvalue weighted by atomic mass is 16.5. The van der Waals surface area contributed by atoms with E-state index in [-0.39, 0.29) is 6.71 Å². The molecule has 44 heavy (non-hydrogen) atoms. The van der Waals surface area contributed by atoms with E-state index in [4.69, 9.17) is 9.47 Å². The first kappa shape index (κ1) is 30.8. The molecule has 0 unspecified atom stereocenters. The topological polar surface area (TPSA) is 21.7 Å². The van der Waals surface area contributed by atoms with Gasteiger partial charge in [-0.15, -0.1) is 0 Å². The van der Waals surface area contributed by atoms with Crippen LogP contribution < -0.4 is 30.8 Å². The number of rotatable bonds is 9. The molecule has 0 heterocycles. The second kappa shape index (κ2) is 13.3. The van der Waals surface area contributed by atoms with Gasteiger partial charge in [-0.2, -0.15) is 0 Å². The molecule has 3 nitrogen and oxygen atoms in total. The number of ether oxygens (including phenoxy) is 2. The van der Waals surface area contributed by atoms with Crippen molar-refractivity contribution in [1.29, 1.82) is 0 Å². The highest BCUT2D eigenvalue weighted by molar-refractivity contribution is 6.96. The van der Waals surface area contributed by atoms with Gasteiger partial charge in [0.05, 0.1) is 14.2 Å². The van der Waals surface area contributed by atoms with E-state index >= 15 is 0 Å². The van der Waals surface area contributed by atoms with Crippen LogP contribution in [0.1, 0.15) is 38.9 Å². The van der Waals surface area contributed by atoms with Crippen LogP contribution in [0, 0.1) is 41.5 Å². The lowest BCUT2D eigenvalue weighted by atomic mass is 9.34. The number of hydrogen-bond acceptors (Lipinski definition) is 3. The van der Waals surface area contributed by atoms with Crippen LogP contribution in [0.3, 0.4) is 0 Å². The summed E-state index contributed by atoms with van der Waals surface area (Å²) in [6.45, 7) is 13.5. The first-order valence-corrected chi connectivity index (χ1v) is 15.2. The molecule has 5 aromatic carbocycles. The van der Waals surface area contributed by atoms with E-state index in [1.807, 2.05) is 24.3 Å². The Bertz CT molecular complexity index is 1620. The molecule has 0 spiro atoms. The molecular formula is C40H42BNO2. The Kier molecular flexibility index (Phi) is 9.30. The Morgan fingerprint density at radius 3 is 1.27 bits per heavy atom. The number of nitrogens with zero attached hydrogens (tertiary/aromatic N) is 1. The lowest BCUT2D eigenvalue weighted by molar-refractivity contribution is 0.415. The molecule has 0 radical (unpaired) electrons. The van der Waals surface area contributed by atoms with Gasteiger partial charge in [-0.05, 0) is 102 Å². The van der Waals surface area contributed by atoms with E-state index in [1.54, 1.807) is 14.2 Å². The third kappa shape index (κ3) is 6.60. The molecule has 0 aliphatic rings. The van der Waals surface area contributed by atoms with E-state index in [0.29, 0.717) is 0 Å². The Balaban J connectivity index is 1.54. The van der Waals surface area contributed by atoms with Crippen molar-refractivity contribution in [3.63, 3.8) is 0 Å². The van der Waals surface area contributed by atoms with Gasteiger partial charge in [-0.1, -0.05) is 98.3 Å². The molecule has 0 aliphatic heterocycles. The van der Waals surface area contributed by atoms with E-state index in [9.17, 15) is 0 Å². The quantitative estimate of drug-likeness (QED) is 0.166. The molecule has 0 atom stereocenters. The Morgan fingerprint density at radius 2 is 0.909 bits per heavy atom. The molecule has 0 fully saturated rings. The van der Waals surface area contributed by atoms with Crippen LogP contribution in [0.2, 0.25) is 0 Å². The first-order valence-electron chi connectivity index (χ1n) is 15.2. The number of hydrogen-bond donors (Lipinski definition) is 0. The van der Waals surface area contributed by atoms with Crippen LogP contribution >= 0.6 is 0 Å². The summed E-state index contributed by atoms with van der Waals surface area (Å²) >= 11 is 0. The fourth-order valence-electron chi connectivity index (χ4n) is 6.54. The second-order valence-electron chi connectivity index (χ2n) is 11.8. The van der Waals surface area contributed by atoms with Gasteiger partial charge in [0.1, 0.15) is 11.5 Å². The van der Waals surface area contributed by atoms with E-state index in [2.05, 4.69) is 132 Å².